The second-order valence-corrected chi connectivity index (χ2v) is 8.87. The van der Waals surface area contributed by atoms with Crippen molar-refractivity contribution in [3.8, 4) is 11.1 Å². The van der Waals surface area contributed by atoms with Gasteiger partial charge in [-0.25, -0.2) is 0 Å². The molecule has 0 aromatic heterocycles. The highest BCUT2D eigenvalue weighted by atomic mass is 16.5. The predicted octanol–water partition coefficient (Wildman–Crippen LogP) is 3.55. The summed E-state index contributed by atoms with van der Waals surface area (Å²) >= 11 is 0. The Labute approximate surface area is 186 Å². The third-order valence-corrected chi connectivity index (χ3v) is 6.96. The molecule has 1 saturated carbocycles. The van der Waals surface area contributed by atoms with E-state index in [-0.39, 0.29) is 49.0 Å². The molecule has 0 spiro atoms. The first-order valence-corrected chi connectivity index (χ1v) is 11.3. The van der Waals surface area contributed by atoms with Gasteiger partial charge in [-0.2, -0.15) is 0 Å². The molecular formula is C26H25NO5. The summed E-state index contributed by atoms with van der Waals surface area (Å²) in [7, 11) is 0. The number of Topliss-reactive ketones (excluding diaryl/α,β-unsaturated/α-hetero) is 1. The fourth-order valence-electron chi connectivity index (χ4n) is 5.25. The Bertz CT molecular complexity index is 1100. The summed E-state index contributed by atoms with van der Waals surface area (Å²) in [4.78, 5) is 51.0. The van der Waals surface area contributed by atoms with Crippen LogP contribution in [-0.4, -0.2) is 41.6 Å². The number of hydrogen-bond donors (Lipinski definition) is 0. The van der Waals surface area contributed by atoms with E-state index in [0.29, 0.717) is 5.56 Å². The lowest BCUT2D eigenvalue weighted by Crippen LogP contribution is -2.33. The minimum absolute atomic E-state index is 0.0212. The number of imide groups is 1. The molecule has 2 fully saturated rings. The molecule has 0 N–H and O–H groups in total. The highest BCUT2D eigenvalue weighted by molar-refractivity contribution is 6.05. The van der Waals surface area contributed by atoms with Crippen molar-refractivity contribution in [2.24, 2.45) is 11.8 Å². The van der Waals surface area contributed by atoms with Crippen molar-refractivity contribution >= 4 is 23.6 Å². The normalized spacial score (nSPS) is 21.2. The average Bonchev–Trinajstić information content (AvgIpc) is 3.31. The third kappa shape index (κ3) is 3.64. The molecule has 1 aliphatic heterocycles. The van der Waals surface area contributed by atoms with Gasteiger partial charge >= 0.3 is 5.97 Å². The molecule has 6 heteroatoms. The zero-order valence-electron chi connectivity index (χ0n) is 17.8. The van der Waals surface area contributed by atoms with Gasteiger partial charge in [0.05, 0.1) is 18.3 Å². The molecule has 2 aromatic carbocycles. The monoisotopic (exact) mass is 431 g/mol. The molecule has 5 rings (SSSR count). The molecular weight excluding hydrogens is 406 g/mol. The minimum atomic E-state index is -0.583. The number of ether oxygens (including phenoxy) is 1. The molecule has 0 radical (unpaired) electrons. The van der Waals surface area contributed by atoms with Gasteiger partial charge in [-0.15, -0.1) is 0 Å². The Morgan fingerprint density at radius 3 is 2.34 bits per heavy atom. The van der Waals surface area contributed by atoms with Crippen LogP contribution in [-0.2, 0) is 25.5 Å². The van der Waals surface area contributed by atoms with Gasteiger partial charge in [0, 0.05) is 12.1 Å². The highest BCUT2D eigenvalue weighted by Crippen LogP contribution is 2.38. The molecule has 2 aliphatic carbocycles. The van der Waals surface area contributed by atoms with E-state index < -0.39 is 5.97 Å². The van der Waals surface area contributed by atoms with Gasteiger partial charge in [0.15, 0.2) is 12.4 Å². The quantitative estimate of drug-likeness (QED) is 0.339. The fraction of sp³-hybridized carbons (Fsp3) is 0.385. The minimum Gasteiger partial charge on any atom is -0.457 e. The van der Waals surface area contributed by atoms with E-state index in [1.807, 2.05) is 30.3 Å². The van der Waals surface area contributed by atoms with Crippen molar-refractivity contribution in [1.82, 2.24) is 4.90 Å². The summed E-state index contributed by atoms with van der Waals surface area (Å²) in [5.41, 5.74) is 5.10. The zero-order valence-corrected chi connectivity index (χ0v) is 17.8. The number of carbonyl (C=O) groups excluding carboxylic acids is 4. The Hall–Kier alpha value is -3.28. The van der Waals surface area contributed by atoms with Crippen LogP contribution in [0.15, 0.2) is 42.5 Å². The maximum Gasteiger partial charge on any atom is 0.308 e. The van der Waals surface area contributed by atoms with Crippen LogP contribution >= 0.6 is 0 Å². The molecule has 3 aliphatic rings. The molecule has 2 amide bonds. The molecule has 0 unspecified atom stereocenters. The van der Waals surface area contributed by atoms with Gasteiger partial charge in [-0.3, -0.25) is 24.1 Å². The van der Waals surface area contributed by atoms with E-state index >= 15 is 0 Å². The molecule has 6 nitrogen and oxygen atoms in total. The van der Waals surface area contributed by atoms with Gasteiger partial charge in [-0.1, -0.05) is 49.2 Å². The number of amides is 2. The third-order valence-electron chi connectivity index (χ3n) is 6.96. The highest BCUT2D eigenvalue weighted by Gasteiger charge is 2.47. The van der Waals surface area contributed by atoms with Crippen molar-refractivity contribution in [1.29, 1.82) is 0 Å². The number of esters is 1. The van der Waals surface area contributed by atoms with Gasteiger partial charge in [0.25, 0.3) is 0 Å². The predicted molar refractivity (Wildman–Crippen MR) is 117 cm³/mol. The number of nitrogens with zero attached hydrogens (tertiary/aromatic N) is 1. The zero-order chi connectivity index (χ0) is 22.2. The van der Waals surface area contributed by atoms with Crippen LogP contribution in [0.25, 0.3) is 11.1 Å². The summed E-state index contributed by atoms with van der Waals surface area (Å²) in [6.45, 7) is -0.334. The lowest BCUT2D eigenvalue weighted by atomic mass is 9.81. The summed E-state index contributed by atoms with van der Waals surface area (Å²) in [6, 6.07) is 13.7. The molecule has 164 valence electrons. The van der Waals surface area contributed by atoms with E-state index in [1.165, 1.54) is 16.0 Å². The smallest absolute Gasteiger partial charge is 0.308 e. The van der Waals surface area contributed by atoms with Crippen molar-refractivity contribution in [3.05, 3.63) is 59.2 Å². The molecule has 1 saturated heterocycles. The number of carbonyl (C=O) groups is 4. The SMILES string of the molecule is O=C(CCN1C(=O)[C@H]2CCCC[C@@H]2C1=O)OCC(=O)c1ccc2c(c1)-c1ccccc1C2. The van der Waals surface area contributed by atoms with E-state index in [2.05, 4.69) is 6.07 Å². The first-order valence-electron chi connectivity index (χ1n) is 11.3. The van der Waals surface area contributed by atoms with E-state index in [0.717, 1.165) is 43.2 Å². The summed E-state index contributed by atoms with van der Waals surface area (Å²) in [6.07, 6.45) is 4.18. The fourth-order valence-corrected chi connectivity index (χ4v) is 5.25. The lowest BCUT2D eigenvalue weighted by molar-refractivity contribution is -0.145. The van der Waals surface area contributed by atoms with Crippen LogP contribution < -0.4 is 0 Å². The standard InChI is InChI=1S/C26H25NO5/c28-23(18-10-9-17-13-16-5-1-2-6-19(16)22(17)14-18)15-32-24(29)11-12-27-25(30)20-7-3-4-8-21(20)26(27)31/h1-2,5-6,9-10,14,20-21H,3-4,7-8,11-13,15H2/t20-,21-/m0/s1. The largest absolute Gasteiger partial charge is 0.457 e. The van der Waals surface area contributed by atoms with Gasteiger partial charge in [0.2, 0.25) is 11.8 Å². The van der Waals surface area contributed by atoms with E-state index in [4.69, 9.17) is 4.74 Å². The lowest BCUT2D eigenvalue weighted by Gasteiger charge is -2.19. The maximum atomic E-state index is 12.6. The maximum absolute atomic E-state index is 12.6. The number of fused-ring (bicyclic) bond motifs is 4. The Kier molecular flexibility index (Phi) is 5.37. The second-order valence-electron chi connectivity index (χ2n) is 8.87. The topological polar surface area (TPSA) is 80.8 Å². The molecule has 2 atom stereocenters. The average molecular weight is 431 g/mol. The van der Waals surface area contributed by atoms with Crippen molar-refractivity contribution in [2.75, 3.05) is 13.2 Å². The van der Waals surface area contributed by atoms with Gasteiger partial charge in [0.1, 0.15) is 0 Å². The summed E-state index contributed by atoms with van der Waals surface area (Å²) in [5, 5.41) is 0. The summed E-state index contributed by atoms with van der Waals surface area (Å²) < 4.78 is 5.16. The summed E-state index contributed by atoms with van der Waals surface area (Å²) in [5.74, 6) is -1.63. The van der Waals surface area contributed by atoms with Crippen molar-refractivity contribution < 1.29 is 23.9 Å². The Balaban J connectivity index is 1.16. The number of benzene rings is 2. The van der Waals surface area contributed by atoms with Crippen LogP contribution in [0.2, 0.25) is 0 Å². The molecule has 0 bridgehead atoms. The number of likely N-dealkylation sites (tertiary alicyclic amines) is 1. The van der Waals surface area contributed by atoms with E-state index in [1.54, 1.807) is 6.07 Å². The van der Waals surface area contributed by atoms with Crippen LogP contribution in [0.1, 0.15) is 53.6 Å². The second kappa shape index (κ2) is 8.34. The van der Waals surface area contributed by atoms with Crippen molar-refractivity contribution in [3.63, 3.8) is 0 Å². The van der Waals surface area contributed by atoms with Crippen LogP contribution in [0, 0.1) is 11.8 Å². The first-order chi connectivity index (χ1) is 15.5. The van der Waals surface area contributed by atoms with Crippen molar-refractivity contribution in [2.45, 2.75) is 38.5 Å². The van der Waals surface area contributed by atoms with Crippen LogP contribution in [0.3, 0.4) is 0 Å². The van der Waals surface area contributed by atoms with Crippen LogP contribution in [0.5, 0.6) is 0 Å². The van der Waals surface area contributed by atoms with Crippen LogP contribution in [0.4, 0.5) is 0 Å². The van der Waals surface area contributed by atoms with Gasteiger partial charge < -0.3 is 4.74 Å². The number of ketones is 1. The molecule has 32 heavy (non-hydrogen) atoms. The number of hydrogen-bond acceptors (Lipinski definition) is 5. The molecule has 2 aromatic rings. The van der Waals surface area contributed by atoms with Gasteiger partial charge in [-0.05, 0) is 47.6 Å². The Morgan fingerprint density at radius 2 is 1.59 bits per heavy atom. The number of rotatable bonds is 6. The first kappa shape index (κ1) is 20.6. The van der Waals surface area contributed by atoms with E-state index in [9.17, 15) is 19.2 Å². The Morgan fingerprint density at radius 1 is 0.906 bits per heavy atom. The molecule has 1 heterocycles.